The summed E-state index contributed by atoms with van der Waals surface area (Å²) in [4.78, 5) is 14.4. The lowest BCUT2D eigenvalue weighted by molar-refractivity contribution is -0.121. The van der Waals surface area contributed by atoms with Crippen LogP contribution in [-0.4, -0.2) is 11.7 Å². The van der Waals surface area contributed by atoms with Gasteiger partial charge in [0.25, 0.3) is 0 Å². The van der Waals surface area contributed by atoms with Crippen LogP contribution in [0.3, 0.4) is 0 Å². The largest absolute Gasteiger partial charge is 0.386 e. The normalized spacial score (nSPS) is 30.9. The molecule has 0 saturated carbocycles. The molecule has 0 aromatic heterocycles. The van der Waals surface area contributed by atoms with Crippen LogP contribution >= 0.6 is 0 Å². The van der Waals surface area contributed by atoms with Crippen molar-refractivity contribution >= 4 is 11.7 Å². The lowest BCUT2D eigenvalue weighted by Crippen LogP contribution is -2.32. The van der Waals surface area contributed by atoms with Crippen LogP contribution in [0.5, 0.6) is 0 Å². The molecule has 1 amide bonds. The Bertz CT molecular complexity index is 251. The molecule has 0 bridgehead atoms. The molecule has 2 unspecified atom stereocenters. The average molecular weight is 151 g/mol. The number of nitrogens with two attached hydrogens (primary N) is 1. The number of amidine groups is 1. The molecule has 0 aromatic rings. The summed E-state index contributed by atoms with van der Waals surface area (Å²) in [5.74, 6) is -0.584. The second-order valence-corrected chi connectivity index (χ2v) is 2.69. The van der Waals surface area contributed by atoms with Crippen molar-refractivity contribution in [2.45, 2.75) is 13.3 Å². The minimum absolute atomic E-state index is 0.160. The molecule has 0 aliphatic carbocycles. The number of aliphatic imine (C=N–C) groups is 1. The van der Waals surface area contributed by atoms with Crippen LogP contribution in [0.2, 0.25) is 0 Å². The molecule has 0 radical (unpaired) electrons. The van der Waals surface area contributed by atoms with E-state index >= 15 is 0 Å². The van der Waals surface area contributed by atoms with Gasteiger partial charge in [0.05, 0.1) is 6.07 Å². The number of hydrogen-bond donors (Lipinski definition) is 1. The molecule has 2 N–H and O–H groups in total. The molecule has 1 aliphatic heterocycles. The third-order valence-electron chi connectivity index (χ3n) is 1.76. The maximum atomic E-state index is 10.9. The molecule has 4 heteroatoms. The van der Waals surface area contributed by atoms with E-state index in [2.05, 4.69) is 4.99 Å². The smallest absolute Gasteiger partial charge is 0.250 e. The Morgan fingerprint density at radius 3 is 3.00 bits per heavy atom. The predicted octanol–water partition coefficient (Wildman–Crippen LogP) is 0.0498. The van der Waals surface area contributed by atoms with E-state index in [9.17, 15) is 4.79 Å². The van der Waals surface area contributed by atoms with Gasteiger partial charge in [-0.1, -0.05) is 6.92 Å². The van der Waals surface area contributed by atoms with E-state index < -0.39 is 0 Å². The number of rotatable bonds is 0. The summed E-state index contributed by atoms with van der Waals surface area (Å²) in [5.41, 5.74) is 5.35. The summed E-state index contributed by atoms with van der Waals surface area (Å²) in [6.07, 6.45) is 0.505. The Hall–Kier alpha value is -1.37. The van der Waals surface area contributed by atoms with E-state index in [1.54, 1.807) is 6.92 Å². The summed E-state index contributed by atoms with van der Waals surface area (Å²) in [7, 11) is 0. The van der Waals surface area contributed by atoms with Crippen molar-refractivity contribution in [3.8, 4) is 6.07 Å². The standard InChI is InChI=1S/C7H9N3O/c1-4-2-5(3-8)6(9)10-7(4)11/h4-5H,2H2,1H3,(H2,9,10,11). The first-order valence-corrected chi connectivity index (χ1v) is 3.42. The van der Waals surface area contributed by atoms with Gasteiger partial charge in [0.15, 0.2) is 0 Å². The first kappa shape index (κ1) is 7.73. The van der Waals surface area contributed by atoms with Crippen molar-refractivity contribution in [1.82, 2.24) is 0 Å². The molecule has 0 spiro atoms. The Kier molecular flexibility index (Phi) is 1.90. The number of hydrogen-bond acceptors (Lipinski definition) is 3. The van der Waals surface area contributed by atoms with Gasteiger partial charge in [0.1, 0.15) is 11.8 Å². The molecule has 1 heterocycles. The molecule has 0 fully saturated rings. The van der Waals surface area contributed by atoms with E-state index in [0.29, 0.717) is 6.42 Å². The van der Waals surface area contributed by atoms with Crippen molar-refractivity contribution in [2.75, 3.05) is 0 Å². The maximum absolute atomic E-state index is 10.9. The zero-order chi connectivity index (χ0) is 8.43. The first-order chi connectivity index (χ1) is 5.15. The molecular formula is C7H9N3O. The van der Waals surface area contributed by atoms with E-state index in [1.807, 2.05) is 6.07 Å². The number of carbonyl (C=O) groups excluding carboxylic acids is 1. The molecule has 0 saturated heterocycles. The quantitative estimate of drug-likeness (QED) is 0.531. The van der Waals surface area contributed by atoms with Gasteiger partial charge < -0.3 is 5.73 Å². The molecular weight excluding hydrogens is 142 g/mol. The second-order valence-electron chi connectivity index (χ2n) is 2.69. The highest BCUT2D eigenvalue weighted by atomic mass is 16.1. The van der Waals surface area contributed by atoms with Crippen LogP contribution in [0.4, 0.5) is 0 Å². The third kappa shape index (κ3) is 1.37. The molecule has 4 nitrogen and oxygen atoms in total. The minimum atomic E-state index is -0.373. The number of nitriles is 1. The van der Waals surface area contributed by atoms with Gasteiger partial charge in [0, 0.05) is 5.92 Å². The molecule has 58 valence electrons. The summed E-state index contributed by atoms with van der Waals surface area (Å²) >= 11 is 0. The zero-order valence-corrected chi connectivity index (χ0v) is 6.24. The summed E-state index contributed by atoms with van der Waals surface area (Å²) in [6.45, 7) is 1.75. The molecule has 2 atom stereocenters. The second kappa shape index (κ2) is 2.70. The fourth-order valence-corrected chi connectivity index (χ4v) is 1.01. The van der Waals surface area contributed by atoms with Crippen LogP contribution in [0, 0.1) is 23.2 Å². The topological polar surface area (TPSA) is 79.2 Å². The van der Waals surface area contributed by atoms with Crippen LogP contribution < -0.4 is 5.73 Å². The summed E-state index contributed by atoms with van der Waals surface area (Å²) in [5, 5.41) is 8.54. The predicted molar refractivity (Wildman–Crippen MR) is 39.5 cm³/mol. The highest BCUT2D eigenvalue weighted by Crippen LogP contribution is 2.18. The third-order valence-corrected chi connectivity index (χ3v) is 1.76. The number of amides is 1. The van der Waals surface area contributed by atoms with E-state index in [0.717, 1.165) is 0 Å². The van der Waals surface area contributed by atoms with E-state index in [4.69, 9.17) is 11.0 Å². The minimum Gasteiger partial charge on any atom is -0.386 e. The van der Waals surface area contributed by atoms with Crippen molar-refractivity contribution in [3.05, 3.63) is 0 Å². The highest BCUT2D eigenvalue weighted by Gasteiger charge is 2.26. The fraction of sp³-hybridized carbons (Fsp3) is 0.571. The van der Waals surface area contributed by atoms with Gasteiger partial charge in [-0.25, -0.2) is 0 Å². The van der Waals surface area contributed by atoms with Crippen LogP contribution in [0.25, 0.3) is 0 Å². The van der Waals surface area contributed by atoms with Gasteiger partial charge in [-0.2, -0.15) is 10.3 Å². The Morgan fingerprint density at radius 2 is 2.45 bits per heavy atom. The fourth-order valence-electron chi connectivity index (χ4n) is 1.01. The number of nitrogens with zero attached hydrogens (tertiary/aromatic N) is 2. The zero-order valence-electron chi connectivity index (χ0n) is 6.24. The Morgan fingerprint density at radius 1 is 1.82 bits per heavy atom. The van der Waals surface area contributed by atoms with Gasteiger partial charge >= 0.3 is 0 Å². The van der Waals surface area contributed by atoms with Crippen molar-refractivity contribution in [1.29, 1.82) is 5.26 Å². The summed E-state index contributed by atoms with van der Waals surface area (Å²) < 4.78 is 0. The van der Waals surface area contributed by atoms with Gasteiger partial charge in [-0.15, -0.1) is 0 Å². The van der Waals surface area contributed by atoms with Crippen molar-refractivity contribution < 1.29 is 4.79 Å². The van der Waals surface area contributed by atoms with Crippen molar-refractivity contribution in [2.24, 2.45) is 22.6 Å². The van der Waals surface area contributed by atoms with Gasteiger partial charge in [0.2, 0.25) is 5.91 Å². The average Bonchev–Trinajstić information content (AvgIpc) is 1.97. The highest BCUT2D eigenvalue weighted by molar-refractivity contribution is 5.99. The van der Waals surface area contributed by atoms with Crippen molar-refractivity contribution in [3.63, 3.8) is 0 Å². The Balaban J connectivity index is 2.87. The molecule has 11 heavy (non-hydrogen) atoms. The molecule has 1 aliphatic rings. The number of carbonyl (C=O) groups is 1. The van der Waals surface area contributed by atoms with Gasteiger partial charge in [-0.3, -0.25) is 4.79 Å². The van der Waals surface area contributed by atoms with E-state index in [1.165, 1.54) is 0 Å². The lowest BCUT2D eigenvalue weighted by Gasteiger charge is -2.17. The van der Waals surface area contributed by atoms with Crippen LogP contribution in [-0.2, 0) is 4.79 Å². The van der Waals surface area contributed by atoms with E-state index in [-0.39, 0.29) is 23.6 Å². The maximum Gasteiger partial charge on any atom is 0.250 e. The monoisotopic (exact) mass is 151 g/mol. The molecule has 1 rings (SSSR count). The van der Waals surface area contributed by atoms with Gasteiger partial charge in [-0.05, 0) is 6.42 Å². The SMILES string of the molecule is CC1CC(C#N)C(N)=NC1=O. The first-order valence-electron chi connectivity index (χ1n) is 3.42. The summed E-state index contributed by atoms with van der Waals surface area (Å²) in [6, 6.07) is 2.00. The lowest BCUT2D eigenvalue weighted by atomic mass is 9.93. The van der Waals surface area contributed by atoms with Crippen LogP contribution in [0.15, 0.2) is 4.99 Å². The molecule has 0 aromatic carbocycles. The van der Waals surface area contributed by atoms with Crippen LogP contribution in [0.1, 0.15) is 13.3 Å². The Labute approximate surface area is 64.7 Å².